The Morgan fingerprint density at radius 1 is 1.27 bits per heavy atom. The first-order chi connectivity index (χ1) is 10.7. The van der Waals surface area contributed by atoms with Crippen molar-refractivity contribution in [2.45, 2.75) is 38.6 Å². The van der Waals surface area contributed by atoms with E-state index in [0.29, 0.717) is 5.92 Å². The number of aryl methyl sites for hydroxylation is 1. The molecular weight excluding hydrogens is 280 g/mol. The van der Waals surface area contributed by atoms with Crippen LogP contribution in [0.25, 0.3) is 0 Å². The van der Waals surface area contributed by atoms with E-state index in [2.05, 4.69) is 43.0 Å². The maximum absolute atomic E-state index is 5.57. The molecule has 0 aromatic carbocycles. The SMILES string of the molecule is Cc1cn2c(n1)[C@H](C)C[C@H](c1nc(N3CCNCC3)no1)C2. The van der Waals surface area contributed by atoms with E-state index >= 15 is 0 Å². The Hall–Kier alpha value is -1.89. The van der Waals surface area contributed by atoms with Crippen LogP contribution in [0.15, 0.2) is 10.7 Å². The summed E-state index contributed by atoms with van der Waals surface area (Å²) in [6, 6.07) is 0. The Labute approximate surface area is 129 Å². The Bertz CT molecular complexity index is 657. The third kappa shape index (κ3) is 2.39. The van der Waals surface area contributed by atoms with E-state index in [1.165, 1.54) is 5.82 Å². The van der Waals surface area contributed by atoms with E-state index < -0.39 is 0 Å². The van der Waals surface area contributed by atoms with Gasteiger partial charge in [0, 0.05) is 44.8 Å². The molecule has 1 N–H and O–H groups in total. The molecule has 118 valence electrons. The van der Waals surface area contributed by atoms with Crippen molar-refractivity contribution in [2.24, 2.45) is 0 Å². The molecule has 1 fully saturated rings. The molecule has 22 heavy (non-hydrogen) atoms. The van der Waals surface area contributed by atoms with Gasteiger partial charge in [-0.2, -0.15) is 4.98 Å². The molecule has 2 aromatic rings. The molecule has 1 saturated heterocycles. The van der Waals surface area contributed by atoms with Crippen molar-refractivity contribution in [1.29, 1.82) is 0 Å². The highest BCUT2D eigenvalue weighted by atomic mass is 16.5. The van der Waals surface area contributed by atoms with Gasteiger partial charge in [0.15, 0.2) is 0 Å². The summed E-state index contributed by atoms with van der Waals surface area (Å²) in [5, 5.41) is 7.52. The molecule has 0 radical (unpaired) electrons. The molecule has 0 saturated carbocycles. The van der Waals surface area contributed by atoms with Crippen molar-refractivity contribution in [3.63, 3.8) is 0 Å². The largest absolute Gasteiger partial charge is 0.337 e. The fourth-order valence-electron chi connectivity index (χ4n) is 3.51. The van der Waals surface area contributed by atoms with Crippen molar-refractivity contribution >= 4 is 5.95 Å². The number of anilines is 1. The Kier molecular flexibility index (Phi) is 3.37. The monoisotopic (exact) mass is 302 g/mol. The predicted octanol–water partition coefficient (Wildman–Crippen LogP) is 1.28. The number of hydrogen-bond donors (Lipinski definition) is 1. The third-order valence-corrected chi connectivity index (χ3v) is 4.60. The Balaban J connectivity index is 1.54. The molecule has 0 bridgehead atoms. The number of hydrogen-bond acceptors (Lipinski definition) is 6. The fraction of sp³-hybridized carbons (Fsp3) is 0.667. The van der Waals surface area contributed by atoms with Gasteiger partial charge in [0.2, 0.25) is 5.89 Å². The summed E-state index contributed by atoms with van der Waals surface area (Å²) in [4.78, 5) is 11.5. The fourth-order valence-corrected chi connectivity index (χ4v) is 3.51. The summed E-state index contributed by atoms with van der Waals surface area (Å²) >= 11 is 0. The zero-order valence-corrected chi connectivity index (χ0v) is 13.1. The van der Waals surface area contributed by atoms with Crippen LogP contribution in [0.2, 0.25) is 0 Å². The van der Waals surface area contributed by atoms with E-state index in [4.69, 9.17) is 4.52 Å². The van der Waals surface area contributed by atoms with Crippen LogP contribution < -0.4 is 10.2 Å². The van der Waals surface area contributed by atoms with Crippen LogP contribution in [0.5, 0.6) is 0 Å². The van der Waals surface area contributed by atoms with E-state index in [1.807, 2.05) is 6.92 Å². The van der Waals surface area contributed by atoms with E-state index in [0.717, 1.165) is 56.7 Å². The van der Waals surface area contributed by atoms with Gasteiger partial charge in [-0.25, -0.2) is 4.98 Å². The maximum Gasteiger partial charge on any atom is 0.266 e. The predicted molar refractivity (Wildman–Crippen MR) is 82.1 cm³/mol. The average Bonchev–Trinajstić information content (AvgIpc) is 3.14. The lowest BCUT2D eigenvalue weighted by Crippen LogP contribution is -2.44. The van der Waals surface area contributed by atoms with Gasteiger partial charge >= 0.3 is 0 Å². The highest BCUT2D eigenvalue weighted by molar-refractivity contribution is 5.29. The molecule has 2 atom stereocenters. The highest BCUT2D eigenvalue weighted by Crippen LogP contribution is 2.35. The number of fused-ring (bicyclic) bond motifs is 1. The van der Waals surface area contributed by atoms with Gasteiger partial charge in [-0.05, 0) is 18.5 Å². The first-order valence-electron chi connectivity index (χ1n) is 8.03. The van der Waals surface area contributed by atoms with Crippen LogP contribution >= 0.6 is 0 Å². The molecular formula is C15H22N6O. The van der Waals surface area contributed by atoms with Crippen LogP contribution in [0, 0.1) is 6.92 Å². The van der Waals surface area contributed by atoms with Gasteiger partial charge in [-0.1, -0.05) is 6.92 Å². The Morgan fingerprint density at radius 3 is 2.91 bits per heavy atom. The second-order valence-electron chi connectivity index (χ2n) is 6.40. The lowest BCUT2D eigenvalue weighted by molar-refractivity contribution is 0.301. The molecule has 0 unspecified atom stereocenters. The zero-order chi connectivity index (χ0) is 15.1. The quantitative estimate of drug-likeness (QED) is 0.901. The van der Waals surface area contributed by atoms with Crippen molar-refractivity contribution in [3.8, 4) is 0 Å². The Morgan fingerprint density at radius 2 is 2.09 bits per heavy atom. The van der Waals surface area contributed by atoms with Gasteiger partial charge in [0.25, 0.3) is 5.95 Å². The minimum absolute atomic E-state index is 0.278. The van der Waals surface area contributed by atoms with E-state index in [1.54, 1.807) is 0 Å². The minimum atomic E-state index is 0.278. The molecule has 2 aliphatic rings. The summed E-state index contributed by atoms with van der Waals surface area (Å²) in [6.07, 6.45) is 3.13. The molecule has 2 aliphatic heterocycles. The lowest BCUT2D eigenvalue weighted by Gasteiger charge is -2.26. The first-order valence-corrected chi connectivity index (χ1v) is 8.03. The third-order valence-electron chi connectivity index (χ3n) is 4.60. The number of nitrogens with one attached hydrogen (secondary N) is 1. The van der Waals surface area contributed by atoms with Gasteiger partial charge in [-0.3, -0.25) is 0 Å². The topological polar surface area (TPSA) is 72.0 Å². The van der Waals surface area contributed by atoms with Gasteiger partial charge < -0.3 is 19.3 Å². The molecule has 0 spiro atoms. The van der Waals surface area contributed by atoms with Crippen LogP contribution in [0.3, 0.4) is 0 Å². The molecule has 7 nitrogen and oxygen atoms in total. The van der Waals surface area contributed by atoms with Gasteiger partial charge in [0.05, 0.1) is 11.6 Å². The molecule has 0 aliphatic carbocycles. The summed E-state index contributed by atoms with van der Waals surface area (Å²) in [6.45, 7) is 8.96. The summed E-state index contributed by atoms with van der Waals surface area (Å²) in [5.74, 6) is 3.37. The number of aromatic nitrogens is 4. The average molecular weight is 302 g/mol. The molecule has 4 rings (SSSR count). The normalized spacial score (nSPS) is 25.3. The van der Waals surface area contributed by atoms with Crippen LogP contribution in [0.4, 0.5) is 5.95 Å². The zero-order valence-electron chi connectivity index (χ0n) is 13.1. The molecule has 0 amide bonds. The number of piperazine rings is 1. The lowest BCUT2D eigenvalue weighted by atomic mass is 9.91. The summed E-state index contributed by atoms with van der Waals surface area (Å²) in [7, 11) is 0. The van der Waals surface area contributed by atoms with Crippen LogP contribution in [-0.4, -0.2) is 45.9 Å². The van der Waals surface area contributed by atoms with E-state index in [9.17, 15) is 0 Å². The van der Waals surface area contributed by atoms with Gasteiger partial charge in [-0.15, -0.1) is 0 Å². The smallest absolute Gasteiger partial charge is 0.266 e. The first kappa shape index (κ1) is 13.8. The standard InChI is InChI=1S/C15H22N6O/c1-10-7-12(9-21-8-11(2)17-13(10)21)14-18-15(19-22-14)20-5-3-16-4-6-20/h8,10,12,16H,3-7,9H2,1-2H3/t10-,12+/m1/s1. The number of imidazole rings is 1. The van der Waals surface area contributed by atoms with Crippen LogP contribution in [-0.2, 0) is 6.54 Å². The molecule has 7 heteroatoms. The number of nitrogens with zero attached hydrogens (tertiary/aromatic N) is 5. The van der Waals surface area contributed by atoms with Crippen molar-refractivity contribution in [2.75, 3.05) is 31.1 Å². The van der Waals surface area contributed by atoms with Crippen molar-refractivity contribution < 1.29 is 4.52 Å². The minimum Gasteiger partial charge on any atom is -0.337 e. The van der Waals surface area contributed by atoms with Gasteiger partial charge in [0.1, 0.15) is 5.82 Å². The maximum atomic E-state index is 5.57. The van der Waals surface area contributed by atoms with Crippen LogP contribution in [0.1, 0.15) is 42.6 Å². The second-order valence-corrected chi connectivity index (χ2v) is 6.40. The number of rotatable bonds is 2. The van der Waals surface area contributed by atoms with Crippen molar-refractivity contribution in [3.05, 3.63) is 23.6 Å². The highest BCUT2D eigenvalue weighted by Gasteiger charge is 2.31. The summed E-state index contributed by atoms with van der Waals surface area (Å²) in [5.41, 5.74) is 1.08. The molecule has 2 aromatic heterocycles. The molecule has 4 heterocycles. The van der Waals surface area contributed by atoms with E-state index in [-0.39, 0.29) is 5.92 Å². The summed E-state index contributed by atoms with van der Waals surface area (Å²) < 4.78 is 7.81. The van der Waals surface area contributed by atoms with Crippen molar-refractivity contribution in [1.82, 2.24) is 25.0 Å². The second kappa shape index (κ2) is 5.39.